The molecule has 7 heteroatoms. The van der Waals surface area contributed by atoms with Gasteiger partial charge in [0.15, 0.2) is 5.78 Å². The number of carbonyl (C=O) groups is 2. The molecule has 152 valence electrons. The molecule has 0 saturated carbocycles. The van der Waals surface area contributed by atoms with Crippen molar-refractivity contribution in [3.8, 4) is 5.75 Å². The largest absolute Gasteiger partial charge is 0.493 e. The van der Waals surface area contributed by atoms with Crippen molar-refractivity contribution in [3.05, 3.63) is 62.2 Å². The number of carbonyl (C=O) groups excluding carboxylic acids is 2. The van der Waals surface area contributed by atoms with Crippen LogP contribution in [0.1, 0.15) is 47.9 Å². The van der Waals surface area contributed by atoms with Gasteiger partial charge >= 0.3 is 0 Å². The lowest BCUT2D eigenvalue weighted by Crippen LogP contribution is -2.10. The van der Waals surface area contributed by atoms with Crippen LogP contribution in [0.4, 0.5) is 0 Å². The first-order valence-corrected chi connectivity index (χ1v) is 10.9. The maximum Gasteiger partial charge on any atom is 0.217 e. The van der Waals surface area contributed by atoms with Gasteiger partial charge in [0.1, 0.15) is 17.1 Å². The molecule has 2 aromatic carbocycles. The monoisotopic (exact) mass is 521 g/mol. The Morgan fingerprint density at radius 1 is 1.10 bits per heavy atom. The number of fused-ring (bicyclic) bond motifs is 1. The molecule has 0 saturated heterocycles. The molecule has 5 nitrogen and oxygen atoms in total. The van der Waals surface area contributed by atoms with E-state index in [0.717, 1.165) is 20.8 Å². The average molecular weight is 523 g/mol. The van der Waals surface area contributed by atoms with Gasteiger partial charge in [0.25, 0.3) is 0 Å². The van der Waals surface area contributed by atoms with Crippen molar-refractivity contribution < 1.29 is 18.7 Å². The van der Waals surface area contributed by atoms with Crippen LogP contribution in [-0.2, 0) is 11.2 Å². The van der Waals surface area contributed by atoms with Crippen molar-refractivity contribution in [1.29, 1.82) is 0 Å². The van der Waals surface area contributed by atoms with E-state index in [2.05, 4.69) is 31.9 Å². The minimum absolute atomic E-state index is 0.137. The molecule has 0 bridgehead atoms. The number of halogens is 2. The van der Waals surface area contributed by atoms with Crippen molar-refractivity contribution in [1.82, 2.24) is 0 Å². The molecule has 0 unspecified atom stereocenters. The van der Waals surface area contributed by atoms with Crippen LogP contribution < -0.4 is 10.5 Å². The summed E-state index contributed by atoms with van der Waals surface area (Å²) in [7, 11) is 0. The maximum absolute atomic E-state index is 13.4. The fourth-order valence-corrected chi connectivity index (χ4v) is 4.41. The van der Waals surface area contributed by atoms with Gasteiger partial charge in [0, 0.05) is 38.8 Å². The fraction of sp³-hybridized carbons (Fsp3) is 0.273. The van der Waals surface area contributed by atoms with Crippen LogP contribution in [0.15, 0.2) is 49.8 Å². The van der Waals surface area contributed by atoms with E-state index in [0.29, 0.717) is 47.7 Å². The minimum Gasteiger partial charge on any atom is -0.493 e. The Kier molecular flexibility index (Phi) is 7.14. The molecule has 0 aliphatic carbocycles. The SMILES string of the molecule is CCCOc1ccc2c(C(=O)c3cc(Br)cc(Br)c3)c(CCCC(N)=O)oc2c1. The predicted molar refractivity (Wildman–Crippen MR) is 119 cm³/mol. The number of furan rings is 1. The number of ketones is 1. The van der Waals surface area contributed by atoms with Gasteiger partial charge in [-0.1, -0.05) is 38.8 Å². The molecule has 3 aromatic rings. The van der Waals surface area contributed by atoms with Crippen LogP contribution in [0.3, 0.4) is 0 Å². The predicted octanol–water partition coefficient (Wildman–Crippen LogP) is 5.79. The van der Waals surface area contributed by atoms with E-state index in [1.165, 1.54) is 0 Å². The molecule has 0 fully saturated rings. The second-order valence-corrected chi connectivity index (χ2v) is 8.55. The van der Waals surface area contributed by atoms with Gasteiger partial charge in [-0.25, -0.2) is 0 Å². The maximum atomic E-state index is 13.4. The lowest BCUT2D eigenvalue weighted by atomic mass is 9.98. The van der Waals surface area contributed by atoms with Gasteiger partial charge in [-0.2, -0.15) is 0 Å². The number of hydrogen-bond acceptors (Lipinski definition) is 4. The van der Waals surface area contributed by atoms with Crippen LogP contribution in [0.5, 0.6) is 5.75 Å². The topological polar surface area (TPSA) is 82.5 Å². The van der Waals surface area contributed by atoms with Crippen LogP contribution >= 0.6 is 31.9 Å². The lowest BCUT2D eigenvalue weighted by Gasteiger charge is -2.05. The Hall–Kier alpha value is -2.12. The molecule has 0 spiro atoms. The zero-order valence-corrected chi connectivity index (χ0v) is 19.1. The number of rotatable bonds is 9. The third-order valence-corrected chi connectivity index (χ3v) is 5.30. The molecule has 1 heterocycles. The number of aryl methyl sites for hydroxylation is 1. The number of amides is 1. The van der Waals surface area contributed by atoms with E-state index in [-0.39, 0.29) is 18.1 Å². The summed E-state index contributed by atoms with van der Waals surface area (Å²) < 4.78 is 13.3. The quantitative estimate of drug-likeness (QED) is 0.361. The van der Waals surface area contributed by atoms with Crippen molar-refractivity contribution in [2.45, 2.75) is 32.6 Å². The summed E-state index contributed by atoms with van der Waals surface area (Å²) in [5.41, 5.74) is 6.89. The first-order valence-electron chi connectivity index (χ1n) is 9.36. The molecule has 0 radical (unpaired) electrons. The summed E-state index contributed by atoms with van der Waals surface area (Å²) in [5, 5.41) is 0.726. The number of hydrogen-bond donors (Lipinski definition) is 1. The molecular weight excluding hydrogens is 502 g/mol. The molecule has 1 amide bonds. The lowest BCUT2D eigenvalue weighted by molar-refractivity contribution is -0.118. The van der Waals surface area contributed by atoms with E-state index in [9.17, 15) is 9.59 Å². The van der Waals surface area contributed by atoms with Crippen molar-refractivity contribution >= 4 is 54.5 Å². The van der Waals surface area contributed by atoms with Gasteiger partial charge in [0.2, 0.25) is 5.91 Å². The number of benzene rings is 2. The molecule has 29 heavy (non-hydrogen) atoms. The zero-order valence-electron chi connectivity index (χ0n) is 16.0. The Morgan fingerprint density at radius 2 is 1.83 bits per heavy atom. The second kappa shape index (κ2) is 9.59. The van der Waals surface area contributed by atoms with Crippen LogP contribution in [0, 0.1) is 0 Å². The van der Waals surface area contributed by atoms with Gasteiger partial charge < -0.3 is 14.9 Å². The summed E-state index contributed by atoms with van der Waals surface area (Å²) >= 11 is 6.86. The standard InChI is InChI=1S/C22H21Br2NO4/c1-2-8-28-16-6-7-17-19(12-16)29-18(4-3-5-20(25)26)21(17)22(27)13-9-14(23)11-15(24)10-13/h6-7,9-12H,2-5,8H2,1H3,(H2,25,26). The van der Waals surface area contributed by atoms with Crippen molar-refractivity contribution in [2.24, 2.45) is 5.73 Å². The van der Waals surface area contributed by atoms with Crippen LogP contribution in [0.25, 0.3) is 11.0 Å². The third kappa shape index (κ3) is 5.28. The fourth-order valence-electron chi connectivity index (χ4n) is 3.11. The van der Waals surface area contributed by atoms with E-state index < -0.39 is 0 Å². The summed E-state index contributed by atoms with van der Waals surface area (Å²) in [6.07, 6.45) is 2.09. The first kappa shape index (κ1) is 21.6. The van der Waals surface area contributed by atoms with Crippen LogP contribution in [-0.4, -0.2) is 18.3 Å². The van der Waals surface area contributed by atoms with Crippen molar-refractivity contribution in [3.63, 3.8) is 0 Å². The van der Waals surface area contributed by atoms with Gasteiger partial charge in [-0.3, -0.25) is 9.59 Å². The highest BCUT2D eigenvalue weighted by atomic mass is 79.9. The summed E-state index contributed by atoms with van der Waals surface area (Å²) in [4.78, 5) is 24.5. The molecule has 0 aliphatic rings. The number of nitrogens with two attached hydrogens (primary N) is 1. The Morgan fingerprint density at radius 3 is 2.48 bits per heavy atom. The molecule has 0 atom stereocenters. The highest BCUT2D eigenvalue weighted by Crippen LogP contribution is 2.33. The van der Waals surface area contributed by atoms with Gasteiger partial charge in [-0.05, 0) is 43.2 Å². The molecular formula is C22H21Br2NO4. The van der Waals surface area contributed by atoms with E-state index in [1.54, 1.807) is 18.2 Å². The minimum atomic E-state index is -0.375. The Balaban J connectivity index is 2.05. The summed E-state index contributed by atoms with van der Waals surface area (Å²) in [6.45, 7) is 2.64. The van der Waals surface area contributed by atoms with Gasteiger partial charge in [0.05, 0.1) is 12.2 Å². The number of primary amides is 1. The normalized spacial score (nSPS) is 11.0. The highest BCUT2D eigenvalue weighted by Gasteiger charge is 2.23. The Bertz CT molecular complexity index is 1040. The molecule has 1 aromatic heterocycles. The summed E-state index contributed by atoms with van der Waals surface area (Å²) in [5.74, 6) is 0.734. The molecule has 2 N–H and O–H groups in total. The Labute approximate surface area is 185 Å². The van der Waals surface area contributed by atoms with E-state index in [1.807, 2.05) is 25.1 Å². The zero-order chi connectivity index (χ0) is 21.0. The van der Waals surface area contributed by atoms with Crippen molar-refractivity contribution in [2.75, 3.05) is 6.61 Å². The first-order chi connectivity index (χ1) is 13.9. The third-order valence-electron chi connectivity index (χ3n) is 4.39. The van der Waals surface area contributed by atoms with Crippen LogP contribution in [0.2, 0.25) is 0 Å². The van der Waals surface area contributed by atoms with Gasteiger partial charge in [-0.15, -0.1) is 0 Å². The second-order valence-electron chi connectivity index (χ2n) is 6.71. The smallest absolute Gasteiger partial charge is 0.217 e. The molecule has 3 rings (SSSR count). The number of ether oxygens (including phenoxy) is 1. The van der Waals surface area contributed by atoms with E-state index in [4.69, 9.17) is 14.9 Å². The average Bonchev–Trinajstić information content (AvgIpc) is 3.02. The molecule has 0 aliphatic heterocycles. The highest BCUT2D eigenvalue weighted by molar-refractivity contribution is 9.11. The van der Waals surface area contributed by atoms with E-state index >= 15 is 0 Å². The summed E-state index contributed by atoms with van der Waals surface area (Å²) in [6, 6.07) is 10.9.